The molecule has 0 saturated heterocycles. The Balaban J connectivity index is 4.12. The average Bonchev–Trinajstić information content (AvgIpc) is 1.59. The number of carbonyl (C=O) groups is 1. The molecule has 0 saturated carbocycles. The summed E-state index contributed by atoms with van der Waals surface area (Å²) in [5.74, 6) is -1.00. The molecule has 2 N–H and O–H groups in total. The number of carboxylic acids is 1. The van der Waals surface area contributed by atoms with Crippen molar-refractivity contribution in [1.29, 1.82) is 0 Å². The van der Waals surface area contributed by atoms with Crippen molar-refractivity contribution in [2.24, 2.45) is 0 Å². The lowest BCUT2D eigenvalue weighted by Gasteiger charge is -2.21. The zero-order chi connectivity index (χ0) is 8.31. The van der Waals surface area contributed by atoms with E-state index >= 15 is 0 Å². The van der Waals surface area contributed by atoms with Gasteiger partial charge < -0.3 is 10.2 Å². The molecule has 0 aliphatic carbocycles. The maximum atomic E-state index is 10.4. The first-order valence-corrected chi connectivity index (χ1v) is 3.04. The summed E-state index contributed by atoms with van der Waals surface area (Å²) in [7, 11) is 3.23. The van der Waals surface area contributed by atoms with Gasteiger partial charge in [-0.1, -0.05) is 0 Å². The molecule has 0 aliphatic heterocycles. The van der Waals surface area contributed by atoms with Gasteiger partial charge in [-0.05, 0) is 21.0 Å². The average molecular weight is 147 g/mol. The van der Waals surface area contributed by atoms with Crippen LogP contribution in [0.3, 0.4) is 0 Å². The van der Waals surface area contributed by atoms with Crippen LogP contribution in [0.15, 0.2) is 0 Å². The Bertz CT molecular complexity index is 114. The van der Waals surface area contributed by atoms with Crippen molar-refractivity contribution in [3.05, 3.63) is 0 Å². The van der Waals surface area contributed by atoms with Crippen LogP contribution in [0.4, 0.5) is 0 Å². The highest BCUT2D eigenvalue weighted by Crippen LogP contribution is 1.99. The lowest BCUT2D eigenvalue weighted by atomic mass is 10.2. The van der Waals surface area contributed by atoms with E-state index in [2.05, 4.69) is 0 Å². The minimum atomic E-state index is -1.00. The molecule has 0 unspecified atom stereocenters. The molecule has 0 spiro atoms. The van der Waals surface area contributed by atoms with Crippen LogP contribution < -0.4 is 0 Å². The van der Waals surface area contributed by atoms with Gasteiger partial charge in [-0.2, -0.15) is 0 Å². The van der Waals surface area contributed by atoms with Crippen LogP contribution in [0, 0.1) is 0 Å². The van der Waals surface area contributed by atoms with Crippen LogP contribution in [0.1, 0.15) is 6.92 Å². The van der Waals surface area contributed by atoms with E-state index in [-0.39, 0.29) is 0 Å². The van der Waals surface area contributed by atoms with Gasteiger partial charge in [0, 0.05) is 0 Å². The Morgan fingerprint density at radius 1 is 1.50 bits per heavy atom. The fourth-order valence-corrected chi connectivity index (χ4v) is 0.859. The zero-order valence-electron chi connectivity index (χ0n) is 6.40. The van der Waals surface area contributed by atoms with Crippen LogP contribution in [-0.4, -0.2) is 47.3 Å². The molecule has 0 heterocycles. The minimum absolute atomic E-state index is 0.806. The molecule has 0 aliphatic rings. The molecule has 0 aromatic heterocycles. The number of hydrogen-bond acceptors (Lipinski definition) is 3. The van der Waals surface area contributed by atoms with Crippen molar-refractivity contribution < 1.29 is 15.0 Å². The van der Waals surface area contributed by atoms with Gasteiger partial charge >= 0.3 is 5.97 Å². The van der Waals surface area contributed by atoms with Crippen molar-refractivity contribution in [3.63, 3.8) is 0 Å². The summed E-state index contributed by atoms with van der Waals surface area (Å²) < 4.78 is 0. The van der Waals surface area contributed by atoms with Crippen LogP contribution >= 0.6 is 0 Å². The molecule has 0 amide bonds. The van der Waals surface area contributed by atoms with E-state index < -0.39 is 18.1 Å². The number of likely N-dealkylation sites (N-methyl/N-ethyl adjacent to an activating group) is 1. The first-order valence-electron chi connectivity index (χ1n) is 3.04. The molecule has 0 aromatic carbocycles. The molecular weight excluding hydrogens is 134 g/mol. The van der Waals surface area contributed by atoms with Crippen molar-refractivity contribution in [3.8, 4) is 0 Å². The number of aliphatic hydroxyl groups is 1. The SMILES string of the molecule is C[C@@H](O)[C@H](C(=O)O)N(C)C. The molecule has 4 nitrogen and oxygen atoms in total. The number of aliphatic hydroxyl groups excluding tert-OH is 1. The summed E-state index contributed by atoms with van der Waals surface area (Å²) in [6.07, 6.45) is -0.840. The molecule has 0 fully saturated rings. The molecule has 60 valence electrons. The molecule has 2 atom stereocenters. The van der Waals surface area contributed by atoms with E-state index in [1.165, 1.54) is 11.8 Å². The number of carboxylic acid groups (broad SMARTS) is 1. The van der Waals surface area contributed by atoms with Gasteiger partial charge in [-0.25, -0.2) is 0 Å². The van der Waals surface area contributed by atoms with Crippen LogP contribution in [0.25, 0.3) is 0 Å². The van der Waals surface area contributed by atoms with E-state index in [4.69, 9.17) is 10.2 Å². The van der Waals surface area contributed by atoms with Gasteiger partial charge in [-0.15, -0.1) is 0 Å². The third-order valence-corrected chi connectivity index (χ3v) is 1.27. The van der Waals surface area contributed by atoms with E-state index in [9.17, 15) is 4.79 Å². The van der Waals surface area contributed by atoms with Crippen molar-refractivity contribution in [1.82, 2.24) is 4.90 Å². The van der Waals surface area contributed by atoms with Gasteiger partial charge in [0.1, 0.15) is 6.04 Å². The highest BCUT2D eigenvalue weighted by Gasteiger charge is 2.24. The standard InChI is InChI=1S/C6H13NO3/c1-4(8)5(6(9)10)7(2)3/h4-5,8H,1-3H3,(H,9,10)/t4-,5-/m1/s1. The summed E-state index contributed by atoms with van der Waals surface area (Å²) in [6.45, 7) is 1.46. The van der Waals surface area contributed by atoms with Gasteiger partial charge in [0.2, 0.25) is 0 Å². The normalized spacial score (nSPS) is 16.9. The lowest BCUT2D eigenvalue weighted by molar-refractivity contribution is -0.145. The highest BCUT2D eigenvalue weighted by atomic mass is 16.4. The van der Waals surface area contributed by atoms with Crippen molar-refractivity contribution >= 4 is 5.97 Å². The van der Waals surface area contributed by atoms with E-state index in [1.807, 2.05) is 0 Å². The number of aliphatic carboxylic acids is 1. The summed E-state index contributed by atoms with van der Waals surface area (Å²) in [6, 6.07) is -0.806. The van der Waals surface area contributed by atoms with Crippen molar-refractivity contribution in [2.75, 3.05) is 14.1 Å². The fraction of sp³-hybridized carbons (Fsp3) is 0.833. The smallest absolute Gasteiger partial charge is 0.323 e. The second-order valence-electron chi connectivity index (χ2n) is 2.49. The second-order valence-corrected chi connectivity index (χ2v) is 2.49. The Kier molecular flexibility index (Phi) is 3.32. The van der Waals surface area contributed by atoms with Gasteiger partial charge in [0.15, 0.2) is 0 Å². The summed E-state index contributed by atoms with van der Waals surface area (Å²) in [5.41, 5.74) is 0. The number of rotatable bonds is 3. The fourth-order valence-electron chi connectivity index (χ4n) is 0.859. The molecular formula is C6H13NO3. The molecule has 0 rings (SSSR count). The Hall–Kier alpha value is -0.610. The zero-order valence-corrected chi connectivity index (χ0v) is 6.40. The van der Waals surface area contributed by atoms with E-state index in [1.54, 1.807) is 14.1 Å². The van der Waals surface area contributed by atoms with Crippen LogP contribution in [-0.2, 0) is 4.79 Å². The third kappa shape index (κ3) is 2.33. The molecule has 4 heteroatoms. The third-order valence-electron chi connectivity index (χ3n) is 1.27. The van der Waals surface area contributed by atoms with Crippen molar-refractivity contribution in [2.45, 2.75) is 19.1 Å². The number of hydrogen-bond donors (Lipinski definition) is 2. The van der Waals surface area contributed by atoms with Crippen LogP contribution in [0.2, 0.25) is 0 Å². The largest absolute Gasteiger partial charge is 0.480 e. The molecule has 10 heavy (non-hydrogen) atoms. The van der Waals surface area contributed by atoms with E-state index in [0.717, 1.165) is 0 Å². The Labute approximate surface area is 60.1 Å². The monoisotopic (exact) mass is 147 g/mol. The first-order chi connectivity index (χ1) is 4.46. The topological polar surface area (TPSA) is 60.8 Å². The maximum Gasteiger partial charge on any atom is 0.323 e. The lowest BCUT2D eigenvalue weighted by Crippen LogP contribution is -2.43. The highest BCUT2D eigenvalue weighted by molar-refractivity contribution is 5.74. The molecule has 0 radical (unpaired) electrons. The Morgan fingerprint density at radius 3 is 1.90 bits per heavy atom. The predicted octanol–water partition coefficient (Wildman–Crippen LogP) is -0.618. The molecule has 0 bridgehead atoms. The minimum Gasteiger partial charge on any atom is -0.480 e. The van der Waals surface area contributed by atoms with Gasteiger partial charge in [0.05, 0.1) is 6.10 Å². The van der Waals surface area contributed by atoms with Gasteiger partial charge in [-0.3, -0.25) is 9.69 Å². The van der Waals surface area contributed by atoms with Crippen LogP contribution in [0.5, 0.6) is 0 Å². The number of nitrogens with zero attached hydrogens (tertiary/aromatic N) is 1. The predicted molar refractivity (Wildman–Crippen MR) is 36.8 cm³/mol. The summed E-state index contributed by atoms with van der Waals surface area (Å²) >= 11 is 0. The summed E-state index contributed by atoms with van der Waals surface area (Å²) in [5, 5.41) is 17.4. The maximum absolute atomic E-state index is 10.4. The Morgan fingerprint density at radius 2 is 1.90 bits per heavy atom. The van der Waals surface area contributed by atoms with E-state index in [0.29, 0.717) is 0 Å². The van der Waals surface area contributed by atoms with Gasteiger partial charge in [0.25, 0.3) is 0 Å². The summed E-state index contributed by atoms with van der Waals surface area (Å²) in [4.78, 5) is 11.8. The first kappa shape index (κ1) is 9.39. The second kappa shape index (κ2) is 3.53. The molecule has 0 aromatic rings. The quantitative estimate of drug-likeness (QED) is 0.558.